The van der Waals surface area contributed by atoms with Crippen LogP contribution in [0.2, 0.25) is 5.02 Å². The van der Waals surface area contributed by atoms with Crippen molar-refractivity contribution in [3.63, 3.8) is 0 Å². The number of hydrogen-bond acceptors (Lipinski definition) is 1. The van der Waals surface area contributed by atoms with Crippen LogP contribution in [0.15, 0.2) is 48.5 Å². The molecule has 0 aliphatic heterocycles. The summed E-state index contributed by atoms with van der Waals surface area (Å²) >= 11 is 5.96. The van der Waals surface area contributed by atoms with Crippen molar-refractivity contribution in [2.45, 2.75) is 6.42 Å². The van der Waals surface area contributed by atoms with Crippen LogP contribution in [0.1, 0.15) is 16.7 Å². The molecular formula is C14H12ClN. The van der Waals surface area contributed by atoms with Crippen LogP contribution in [-0.4, -0.2) is 6.21 Å². The van der Waals surface area contributed by atoms with Crippen LogP contribution in [0, 0.1) is 5.41 Å². The smallest absolute Gasteiger partial charge is 0.0409 e. The maximum Gasteiger partial charge on any atom is 0.0409 e. The van der Waals surface area contributed by atoms with Gasteiger partial charge in [0.1, 0.15) is 0 Å². The number of halogens is 1. The monoisotopic (exact) mass is 229 g/mol. The molecule has 0 aliphatic carbocycles. The number of benzene rings is 2. The van der Waals surface area contributed by atoms with E-state index >= 15 is 0 Å². The fourth-order valence-electron chi connectivity index (χ4n) is 1.68. The maximum atomic E-state index is 7.35. The molecule has 0 spiro atoms. The molecule has 0 bridgehead atoms. The molecular weight excluding hydrogens is 218 g/mol. The lowest BCUT2D eigenvalue weighted by Gasteiger charge is -2.06. The molecule has 0 unspecified atom stereocenters. The van der Waals surface area contributed by atoms with Gasteiger partial charge in [-0.15, -0.1) is 0 Å². The average Bonchev–Trinajstić information content (AvgIpc) is 2.31. The molecule has 0 aliphatic rings. The van der Waals surface area contributed by atoms with Crippen molar-refractivity contribution in [2.24, 2.45) is 0 Å². The zero-order valence-electron chi connectivity index (χ0n) is 8.78. The van der Waals surface area contributed by atoms with Gasteiger partial charge < -0.3 is 5.41 Å². The fourth-order valence-corrected chi connectivity index (χ4v) is 1.88. The maximum absolute atomic E-state index is 7.35. The van der Waals surface area contributed by atoms with Gasteiger partial charge in [0.2, 0.25) is 0 Å². The first-order valence-corrected chi connectivity index (χ1v) is 5.50. The summed E-state index contributed by atoms with van der Waals surface area (Å²) in [7, 11) is 0. The minimum atomic E-state index is 0.719. The van der Waals surface area contributed by atoms with Gasteiger partial charge in [-0.05, 0) is 35.2 Å². The minimum absolute atomic E-state index is 0.719. The quantitative estimate of drug-likeness (QED) is 0.772. The summed E-state index contributed by atoms with van der Waals surface area (Å²) in [4.78, 5) is 0. The second-order valence-corrected chi connectivity index (χ2v) is 4.09. The Balaban J connectivity index is 2.33. The summed E-state index contributed by atoms with van der Waals surface area (Å²) < 4.78 is 0. The Labute approximate surface area is 100 Å². The van der Waals surface area contributed by atoms with E-state index in [0.29, 0.717) is 0 Å². The molecule has 2 aromatic carbocycles. The van der Waals surface area contributed by atoms with Gasteiger partial charge in [0.15, 0.2) is 0 Å². The fraction of sp³-hybridized carbons (Fsp3) is 0.0714. The molecule has 2 rings (SSSR count). The number of hydrogen-bond donors (Lipinski definition) is 1. The largest absolute Gasteiger partial charge is 0.308 e. The van der Waals surface area contributed by atoms with Crippen molar-refractivity contribution < 1.29 is 0 Å². The van der Waals surface area contributed by atoms with E-state index in [9.17, 15) is 0 Å². The van der Waals surface area contributed by atoms with E-state index in [4.69, 9.17) is 17.0 Å². The van der Waals surface area contributed by atoms with Gasteiger partial charge in [0.05, 0.1) is 0 Å². The molecule has 0 saturated heterocycles. The first-order valence-electron chi connectivity index (χ1n) is 5.12. The molecule has 0 saturated carbocycles. The highest BCUT2D eigenvalue weighted by molar-refractivity contribution is 6.30. The van der Waals surface area contributed by atoms with Crippen molar-refractivity contribution in [2.75, 3.05) is 0 Å². The Kier molecular flexibility index (Phi) is 3.37. The van der Waals surface area contributed by atoms with E-state index in [1.54, 1.807) is 0 Å². The van der Waals surface area contributed by atoms with E-state index in [1.807, 2.05) is 36.4 Å². The topological polar surface area (TPSA) is 23.9 Å². The minimum Gasteiger partial charge on any atom is -0.308 e. The van der Waals surface area contributed by atoms with E-state index in [1.165, 1.54) is 11.8 Å². The van der Waals surface area contributed by atoms with Gasteiger partial charge in [-0.2, -0.15) is 0 Å². The Morgan fingerprint density at radius 3 is 2.50 bits per heavy atom. The summed E-state index contributed by atoms with van der Waals surface area (Å²) in [5.41, 5.74) is 3.25. The lowest BCUT2D eigenvalue weighted by molar-refractivity contribution is 1.19. The molecule has 0 heterocycles. The third-order valence-corrected chi connectivity index (χ3v) is 2.73. The first kappa shape index (κ1) is 10.9. The molecule has 0 fully saturated rings. The summed E-state index contributed by atoms with van der Waals surface area (Å²) in [6, 6.07) is 15.8. The average molecular weight is 230 g/mol. The highest BCUT2D eigenvalue weighted by atomic mass is 35.5. The van der Waals surface area contributed by atoms with Crippen molar-refractivity contribution in [1.82, 2.24) is 0 Å². The standard InChI is InChI=1S/C14H12ClN/c15-14-7-6-12(10-16)13(9-14)8-11-4-2-1-3-5-11/h1-7,9-10,16H,8H2. The van der Waals surface area contributed by atoms with Gasteiger partial charge >= 0.3 is 0 Å². The Hall–Kier alpha value is -1.60. The van der Waals surface area contributed by atoms with Crippen LogP contribution in [0.3, 0.4) is 0 Å². The van der Waals surface area contributed by atoms with Crippen LogP contribution >= 0.6 is 11.6 Å². The Morgan fingerprint density at radius 2 is 1.81 bits per heavy atom. The molecule has 80 valence electrons. The van der Waals surface area contributed by atoms with Crippen molar-refractivity contribution >= 4 is 17.8 Å². The van der Waals surface area contributed by atoms with Gasteiger partial charge in [-0.1, -0.05) is 48.0 Å². The normalized spacial score (nSPS) is 10.1. The van der Waals surface area contributed by atoms with E-state index in [2.05, 4.69) is 12.1 Å². The zero-order chi connectivity index (χ0) is 11.4. The second-order valence-electron chi connectivity index (χ2n) is 3.65. The molecule has 0 amide bonds. The van der Waals surface area contributed by atoms with E-state index in [-0.39, 0.29) is 0 Å². The van der Waals surface area contributed by atoms with Gasteiger partial charge in [0, 0.05) is 11.2 Å². The highest BCUT2D eigenvalue weighted by Crippen LogP contribution is 2.18. The highest BCUT2D eigenvalue weighted by Gasteiger charge is 2.02. The Morgan fingerprint density at radius 1 is 1.06 bits per heavy atom. The number of nitrogens with one attached hydrogen (secondary N) is 1. The van der Waals surface area contributed by atoms with Crippen molar-refractivity contribution in [3.05, 3.63) is 70.2 Å². The Bertz CT molecular complexity index is 491. The van der Waals surface area contributed by atoms with Gasteiger partial charge in [0.25, 0.3) is 0 Å². The third-order valence-electron chi connectivity index (χ3n) is 2.50. The van der Waals surface area contributed by atoms with E-state index < -0.39 is 0 Å². The molecule has 16 heavy (non-hydrogen) atoms. The SMILES string of the molecule is N=Cc1ccc(Cl)cc1Cc1ccccc1. The van der Waals surface area contributed by atoms with Crippen molar-refractivity contribution in [1.29, 1.82) is 5.41 Å². The summed E-state index contributed by atoms with van der Waals surface area (Å²) in [5.74, 6) is 0. The predicted molar refractivity (Wildman–Crippen MR) is 68.6 cm³/mol. The van der Waals surface area contributed by atoms with E-state index in [0.717, 1.165) is 22.6 Å². The van der Waals surface area contributed by atoms with Crippen LogP contribution in [-0.2, 0) is 6.42 Å². The first-order chi connectivity index (χ1) is 7.79. The second kappa shape index (κ2) is 4.95. The number of rotatable bonds is 3. The molecule has 0 atom stereocenters. The van der Waals surface area contributed by atoms with Crippen LogP contribution in [0.25, 0.3) is 0 Å². The van der Waals surface area contributed by atoms with Crippen molar-refractivity contribution in [3.8, 4) is 0 Å². The summed E-state index contributed by atoms with van der Waals surface area (Å²) in [6.07, 6.45) is 2.18. The van der Waals surface area contributed by atoms with Crippen LogP contribution in [0.5, 0.6) is 0 Å². The van der Waals surface area contributed by atoms with Crippen LogP contribution < -0.4 is 0 Å². The molecule has 2 aromatic rings. The van der Waals surface area contributed by atoms with Crippen LogP contribution in [0.4, 0.5) is 0 Å². The van der Waals surface area contributed by atoms with Gasteiger partial charge in [-0.3, -0.25) is 0 Å². The molecule has 0 aromatic heterocycles. The third kappa shape index (κ3) is 2.50. The lowest BCUT2D eigenvalue weighted by atomic mass is 10.0. The zero-order valence-corrected chi connectivity index (χ0v) is 9.54. The summed E-state index contributed by atoms with van der Waals surface area (Å²) in [6.45, 7) is 0. The molecule has 1 nitrogen and oxygen atoms in total. The molecule has 1 N–H and O–H groups in total. The molecule has 0 radical (unpaired) electrons. The summed E-state index contributed by atoms with van der Waals surface area (Å²) in [5, 5.41) is 8.07. The lowest BCUT2D eigenvalue weighted by Crippen LogP contribution is -1.94. The van der Waals surface area contributed by atoms with Gasteiger partial charge in [-0.25, -0.2) is 0 Å². The predicted octanol–water partition coefficient (Wildman–Crippen LogP) is 3.93. The molecule has 2 heteroatoms.